The molecule has 2 aromatic carbocycles. The Labute approximate surface area is 168 Å². The summed E-state index contributed by atoms with van der Waals surface area (Å²) >= 11 is 0. The van der Waals surface area contributed by atoms with Crippen LogP contribution in [0.2, 0.25) is 0 Å². The molecule has 0 aliphatic carbocycles. The Morgan fingerprint density at radius 3 is 2.41 bits per heavy atom. The van der Waals surface area contributed by atoms with Crippen molar-refractivity contribution >= 4 is 21.9 Å². The van der Waals surface area contributed by atoms with Gasteiger partial charge in [0.1, 0.15) is 24.0 Å². The van der Waals surface area contributed by atoms with Crippen LogP contribution in [0, 0.1) is 19.7 Å². The molecule has 0 bridgehead atoms. The molecule has 0 N–H and O–H groups in total. The maximum Gasteiger partial charge on any atom is 0.216 e. The van der Waals surface area contributed by atoms with E-state index in [-0.39, 0.29) is 5.82 Å². The van der Waals surface area contributed by atoms with Crippen molar-refractivity contribution in [1.82, 2.24) is 4.98 Å². The molecule has 0 unspecified atom stereocenters. The van der Waals surface area contributed by atoms with Crippen LogP contribution in [0.25, 0.3) is 44.5 Å². The molecule has 0 saturated carbocycles. The number of aryl methyl sites for hydroxylation is 3. The number of pyridine rings is 2. The maximum absolute atomic E-state index is 14.8. The summed E-state index contributed by atoms with van der Waals surface area (Å²) in [4.78, 5) is 4.35. The third-order valence-electron chi connectivity index (χ3n) is 5.45. The molecule has 0 amide bonds. The highest BCUT2D eigenvalue weighted by Crippen LogP contribution is 2.41. The quantitative estimate of drug-likeness (QED) is 0.356. The molecule has 29 heavy (non-hydrogen) atoms. The minimum atomic E-state index is -0.338. The molecule has 0 spiro atoms. The van der Waals surface area contributed by atoms with Gasteiger partial charge in [-0.05, 0) is 49.2 Å². The number of hydrogen-bond donors (Lipinski definition) is 0. The van der Waals surface area contributed by atoms with Crippen LogP contribution >= 0.6 is 0 Å². The van der Waals surface area contributed by atoms with E-state index in [1.807, 2.05) is 25.4 Å². The number of halogens is 1. The Kier molecular flexibility index (Phi) is 3.95. The normalized spacial score (nSPS) is 11.4. The van der Waals surface area contributed by atoms with Crippen LogP contribution in [-0.4, -0.2) is 4.98 Å². The summed E-state index contributed by atoms with van der Waals surface area (Å²) in [5.74, 6) is -0.338. The van der Waals surface area contributed by atoms with Gasteiger partial charge in [-0.15, -0.1) is 0 Å². The molecule has 3 aromatic heterocycles. The van der Waals surface area contributed by atoms with E-state index in [0.29, 0.717) is 16.8 Å². The summed E-state index contributed by atoms with van der Waals surface area (Å²) in [6.45, 7) is 4.15. The summed E-state index contributed by atoms with van der Waals surface area (Å²) in [5.41, 5.74) is 6.63. The van der Waals surface area contributed by atoms with Gasteiger partial charge < -0.3 is 4.42 Å². The molecule has 142 valence electrons. The zero-order chi connectivity index (χ0) is 20.1. The highest BCUT2D eigenvalue weighted by molar-refractivity contribution is 6.13. The molecule has 0 radical (unpaired) electrons. The third-order valence-corrected chi connectivity index (χ3v) is 5.45. The Balaban J connectivity index is 1.91. The van der Waals surface area contributed by atoms with Gasteiger partial charge in [0.25, 0.3) is 0 Å². The monoisotopic (exact) mass is 383 g/mol. The number of aromatic nitrogens is 2. The first-order valence-electron chi connectivity index (χ1n) is 9.57. The molecule has 0 atom stereocenters. The smallest absolute Gasteiger partial charge is 0.216 e. The van der Waals surface area contributed by atoms with Crippen molar-refractivity contribution < 1.29 is 13.4 Å². The van der Waals surface area contributed by atoms with Gasteiger partial charge in [-0.2, -0.15) is 0 Å². The van der Waals surface area contributed by atoms with Gasteiger partial charge in [0.15, 0.2) is 6.20 Å². The average molecular weight is 383 g/mol. The molecule has 0 fully saturated rings. The van der Waals surface area contributed by atoms with Gasteiger partial charge >= 0.3 is 0 Å². The predicted octanol–water partition coefficient (Wildman–Crippen LogP) is 5.90. The molecule has 0 saturated heterocycles. The standard InChI is InChI=1S/C25H20FN2O/c1-15-11-13-28(3)21(14-15)22-16(2)7-8-17-18-9-10-19(26)23(25(18)29-24(17)22)20-6-4-5-12-27-20/h4-14H,1-3H3/q+1. The number of benzene rings is 2. The van der Waals surface area contributed by atoms with Crippen molar-refractivity contribution in [3.63, 3.8) is 0 Å². The number of furan rings is 1. The minimum Gasteiger partial charge on any atom is -0.454 e. The fraction of sp³-hybridized carbons (Fsp3) is 0.120. The minimum absolute atomic E-state index is 0.338. The van der Waals surface area contributed by atoms with Crippen LogP contribution in [0.3, 0.4) is 0 Å². The summed E-state index contributed by atoms with van der Waals surface area (Å²) < 4.78 is 23.3. The van der Waals surface area contributed by atoms with E-state index in [9.17, 15) is 4.39 Å². The summed E-state index contributed by atoms with van der Waals surface area (Å²) in [6, 6.07) is 17.1. The molecule has 3 nitrogen and oxygen atoms in total. The van der Waals surface area contributed by atoms with Gasteiger partial charge in [0, 0.05) is 29.1 Å². The van der Waals surface area contributed by atoms with Crippen LogP contribution in [0.15, 0.2) is 71.4 Å². The van der Waals surface area contributed by atoms with Crippen LogP contribution in [0.5, 0.6) is 0 Å². The Bertz CT molecular complexity index is 1390. The molecule has 3 heterocycles. The van der Waals surface area contributed by atoms with Crippen LogP contribution in [0.1, 0.15) is 11.1 Å². The van der Waals surface area contributed by atoms with Gasteiger partial charge in [-0.1, -0.05) is 18.2 Å². The second kappa shape index (κ2) is 6.52. The number of hydrogen-bond acceptors (Lipinski definition) is 2. The zero-order valence-electron chi connectivity index (χ0n) is 16.5. The molecular weight excluding hydrogens is 363 g/mol. The molecule has 0 aliphatic rings. The Morgan fingerprint density at radius 1 is 0.897 bits per heavy atom. The van der Waals surface area contributed by atoms with Crippen molar-refractivity contribution in [3.05, 3.63) is 83.9 Å². The molecule has 5 aromatic rings. The fourth-order valence-corrected chi connectivity index (χ4v) is 3.97. The first-order valence-corrected chi connectivity index (χ1v) is 9.57. The van der Waals surface area contributed by atoms with Gasteiger partial charge in [0.2, 0.25) is 5.69 Å². The van der Waals surface area contributed by atoms with E-state index in [1.54, 1.807) is 18.3 Å². The van der Waals surface area contributed by atoms with E-state index in [1.165, 1.54) is 11.6 Å². The summed E-state index contributed by atoms with van der Waals surface area (Å²) in [7, 11) is 2.02. The average Bonchev–Trinajstić information content (AvgIpc) is 3.09. The first-order chi connectivity index (χ1) is 14.0. The van der Waals surface area contributed by atoms with Crippen LogP contribution < -0.4 is 4.57 Å². The van der Waals surface area contributed by atoms with Gasteiger partial charge in [-0.3, -0.25) is 4.98 Å². The van der Waals surface area contributed by atoms with Crippen molar-refractivity contribution in [1.29, 1.82) is 0 Å². The zero-order valence-corrected chi connectivity index (χ0v) is 16.5. The fourth-order valence-electron chi connectivity index (χ4n) is 3.97. The highest BCUT2D eigenvalue weighted by atomic mass is 19.1. The molecule has 5 rings (SSSR count). The molecule has 4 heteroatoms. The van der Waals surface area contributed by atoms with E-state index in [2.05, 4.69) is 47.7 Å². The Hall–Kier alpha value is -3.53. The first kappa shape index (κ1) is 17.6. The lowest BCUT2D eigenvalue weighted by Crippen LogP contribution is -2.30. The maximum atomic E-state index is 14.8. The summed E-state index contributed by atoms with van der Waals surface area (Å²) in [6.07, 6.45) is 3.71. The number of nitrogens with zero attached hydrogens (tertiary/aromatic N) is 2. The van der Waals surface area contributed by atoms with Gasteiger partial charge in [0.05, 0.1) is 16.8 Å². The number of fused-ring (bicyclic) bond motifs is 3. The molecule has 0 aliphatic heterocycles. The van der Waals surface area contributed by atoms with Crippen LogP contribution in [-0.2, 0) is 7.05 Å². The second-order valence-electron chi connectivity index (χ2n) is 7.45. The largest absolute Gasteiger partial charge is 0.454 e. The van der Waals surface area contributed by atoms with Gasteiger partial charge in [-0.25, -0.2) is 8.96 Å². The van der Waals surface area contributed by atoms with Crippen LogP contribution in [0.4, 0.5) is 4.39 Å². The second-order valence-corrected chi connectivity index (χ2v) is 7.45. The predicted molar refractivity (Wildman–Crippen MR) is 113 cm³/mol. The molecular formula is C25H20FN2O+. The lowest BCUT2D eigenvalue weighted by molar-refractivity contribution is -0.660. The summed E-state index contributed by atoms with van der Waals surface area (Å²) in [5, 5.41) is 1.86. The topological polar surface area (TPSA) is 29.9 Å². The van der Waals surface area contributed by atoms with E-state index in [4.69, 9.17) is 4.42 Å². The third kappa shape index (κ3) is 2.71. The van der Waals surface area contributed by atoms with Crippen molar-refractivity contribution in [2.45, 2.75) is 13.8 Å². The lowest BCUT2D eigenvalue weighted by Gasteiger charge is -2.06. The van der Waals surface area contributed by atoms with E-state index < -0.39 is 0 Å². The number of rotatable bonds is 2. The SMILES string of the molecule is Cc1cc[n+](C)c(-c2c(C)ccc3c2oc2c(-c4ccccn4)c(F)ccc23)c1. The van der Waals surface area contributed by atoms with Crippen molar-refractivity contribution in [2.75, 3.05) is 0 Å². The van der Waals surface area contributed by atoms with E-state index >= 15 is 0 Å². The van der Waals surface area contributed by atoms with E-state index in [0.717, 1.165) is 33.2 Å². The highest BCUT2D eigenvalue weighted by Gasteiger charge is 2.23. The van der Waals surface area contributed by atoms with Crippen molar-refractivity contribution in [3.8, 4) is 22.5 Å². The lowest BCUT2D eigenvalue weighted by atomic mass is 9.99. The van der Waals surface area contributed by atoms with Crippen molar-refractivity contribution in [2.24, 2.45) is 7.05 Å². The Morgan fingerprint density at radius 2 is 1.66 bits per heavy atom.